The van der Waals surface area contributed by atoms with E-state index in [0.29, 0.717) is 5.88 Å². The minimum atomic E-state index is -0.0420. The van der Waals surface area contributed by atoms with Crippen molar-refractivity contribution in [1.82, 2.24) is 34.7 Å². The Bertz CT molecular complexity index is 1410. The van der Waals surface area contributed by atoms with Crippen LogP contribution < -0.4 is 15.8 Å². The van der Waals surface area contributed by atoms with Crippen LogP contribution in [-0.2, 0) is 13.5 Å². The lowest BCUT2D eigenvalue weighted by atomic mass is 9.73. The van der Waals surface area contributed by atoms with Crippen LogP contribution in [0.3, 0.4) is 0 Å². The minimum Gasteiger partial charge on any atom is -0.481 e. The fraction of sp³-hybridized carbons (Fsp3) is 0.440. The van der Waals surface area contributed by atoms with E-state index in [1.807, 2.05) is 47.7 Å². The van der Waals surface area contributed by atoms with Gasteiger partial charge in [-0.15, -0.1) is 0 Å². The van der Waals surface area contributed by atoms with E-state index < -0.39 is 0 Å². The Balaban J connectivity index is 1.58. The first-order valence-electron chi connectivity index (χ1n) is 11.8. The maximum absolute atomic E-state index is 6.91. The lowest BCUT2D eigenvalue weighted by molar-refractivity contribution is 0.174. The Morgan fingerprint density at radius 1 is 1.15 bits per heavy atom. The van der Waals surface area contributed by atoms with E-state index in [0.717, 1.165) is 77.5 Å². The maximum atomic E-state index is 6.91. The second kappa shape index (κ2) is 7.61. The summed E-state index contributed by atoms with van der Waals surface area (Å²) in [6, 6.07) is 3.98. The third-order valence-corrected chi connectivity index (χ3v) is 7.90. The Hall–Kier alpha value is -3.30. The lowest BCUT2D eigenvalue weighted by Gasteiger charge is -2.37. The summed E-state index contributed by atoms with van der Waals surface area (Å²) in [5.41, 5.74) is 15.8. The van der Waals surface area contributed by atoms with Gasteiger partial charge in [-0.2, -0.15) is 10.2 Å². The highest BCUT2D eigenvalue weighted by Crippen LogP contribution is 2.52. The Morgan fingerprint density at radius 3 is 2.65 bits per heavy atom. The number of aryl methyl sites for hydroxylation is 2. The monoisotopic (exact) mass is 458 g/mol. The number of ether oxygens (including phenoxy) is 1. The van der Waals surface area contributed by atoms with Gasteiger partial charge in [0.25, 0.3) is 0 Å². The smallest absolute Gasteiger partial charge is 0.213 e. The van der Waals surface area contributed by atoms with Crippen LogP contribution in [0.5, 0.6) is 5.88 Å². The van der Waals surface area contributed by atoms with Crippen LogP contribution in [0, 0.1) is 19.3 Å². The molecule has 5 heterocycles. The van der Waals surface area contributed by atoms with Crippen LogP contribution in [-0.4, -0.2) is 49.6 Å². The van der Waals surface area contributed by atoms with Crippen LogP contribution in [0.4, 0.5) is 0 Å². The van der Waals surface area contributed by atoms with E-state index in [4.69, 9.17) is 20.4 Å². The average molecular weight is 459 g/mol. The summed E-state index contributed by atoms with van der Waals surface area (Å²) in [4.78, 5) is 10.0. The number of fused-ring (bicyclic) bond motifs is 2. The molecule has 0 amide bonds. The number of pyridine rings is 1. The van der Waals surface area contributed by atoms with Crippen molar-refractivity contribution >= 4 is 5.52 Å². The Morgan fingerprint density at radius 2 is 1.94 bits per heavy atom. The van der Waals surface area contributed by atoms with Crippen molar-refractivity contribution in [2.24, 2.45) is 18.2 Å². The molecule has 1 aliphatic heterocycles. The van der Waals surface area contributed by atoms with Crippen LogP contribution in [0.25, 0.3) is 28.2 Å². The summed E-state index contributed by atoms with van der Waals surface area (Å²) in [6.45, 7) is 6.06. The minimum absolute atomic E-state index is 0.0420. The largest absolute Gasteiger partial charge is 0.481 e. The standard InChI is InChI=1S/C25H30N8O/c1-14-23(18-13-29-32(3)15(18)2)33-19(5-8-28-33)22(30-14)21-17-12-25(6-9-27-10-7-25)24(26)16(17)11-20(31-21)34-4/h5,8,11,13,24,27H,6-7,9-10,12,26H2,1-4H3/t24-/m1/s1. The fourth-order valence-electron chi connectivity index (χ4n) is 5.84. The van der Waals surface area contributed by atoms with Gasteiger partial charge in [0.1, 0.15) is 5.69 Å². The van der Waals surface area contributed by atoms with Crippen molar-refractivity contribution in [3.05, 3.63) is 47.0 Å². The molecule has 1 saturated heterocycles. The molecule has 1 fully saturated rings. The van der Waals surface area contributed by atoms with E-state index in [1.165, 1.54) is 5.56 Å². The molecule has 0 saturated carbocycles. The van der Waals surface area contributed by atoms with Gasteiger partial charge in [-0.1, -0.05) is 0 Å². The molecule has 3 N–H and O–H groups in total. The van der Waals surface area contributed by atoms with Gasteiger partial charge < -0.3 is 15.8 Å². The number of nitrogens with one attached hydrogen (secondary N) is 1. The zero-order chi connectivity index (χ0) is 23.6. The predicted octanol–water partition coefficient (Wildman–Crippen LogP) is 2.74. The summed E-state index contributed by atoms with van der Waals surface area (Å²) in [5.74, 6) is 0.569. The zero-order valence-electron chi connectivity index (χ0n) is 20.1. The zero-order valence-corrected chi connectivity index (χ0v) is 20.1. The molecule has 176 valence electrons. The Labute approximate surface area is 198 Å². The first-order valence-corrected chi connectivity index (χ1v) is 11.8. The highest BCUT2D eigenvalue weighted by atomic mass is 16.5. The van der Waals surface area contributed by atoms with Crippen molar-refractivity contribution in [2.75, 3.05) is 20.2 Å². The topological polar surface area (TPSA) is 108 Å². The highest BCUT2D eigenvalue weighted by Gasteiger charge is 2.46. The number of methoxy groups -OCH3 is 1. The normalized spacial score (nSPS) is 19.1. The van der Waals surface area contributed by atoms with Crippen molar-refractivity contribution in [3.63, 3.8) is 0 Å². The summed E-state index contributed by atoms with van der Waals surface area (Å²) in [6.07, 6.45) is 6.70. The van der Waals surface area contributed by atoms with Gasteiger partial charge in [0.05, 0.1) is 42.1 Å². The van der Waals surface area contributed by atoms with E-state index in [2.05, 4.69) is 22.4 Å². The number of hydrogen-bond donors (Lipinski definition) is 2. The molecular formula is C25H30N8O. The first-order chi connectivity index (χ1) is 16.4. The molecule has 2 aliphatic rings. The van der Waals surface area contributed by atoms with Gasteiger partial charge >= 0.3 is 0 Å². The van der Waals surface area contributed by atoms with Crippen LogP contribution in [0.15, 0.2) is 24.5 Å². The van der Waals surface area contributed by atoms with Gasteiger partial charge in [-0.3, -0.25) is 4.68 Å². The number of nitrogens with two attached hydrogens (primary N) is 1. The molecule has 0 radical (unpaired) electrons. The second-order valence-corrected chi connectivity index (χ2v) is 9.64. The van der Waals surface area contributed by atoms with Gasteiger partial charge in [0, 0.05) is 30.4 Å². The summed E-state index contributed by atoms with van der Waals surface area (Å²) >= 11 is 0. The van der Waals surface area contributed by atoms with Gasteiger partial charge in [0.2, 0.25) is 5.88 Å². The lowest BCUT2D eigenvalue weighted by Crippen LogP contribution is -2.42. The molecule has 9 heteroatoms. The quantitative estimate of drug-likeness (QED) is 0.486. The van der Waals surface area contributed by atoms with E-state index in [1.54, 1.807) is 7.11 Å². The molecule has 0 unspecified atom stereocenters. The van der Waals surface area contributed by atoms with Crippen LogP contribution >= 0.6 is 0 Å². The molecule has 1 aliphatic carbocycles. The van der Waals surface area contributed by atoms with Crippen molar-refractivity contribution in [1.29, 1.82) is 0 Å². The van der Waals surface area contributed by atoms with Crippen molar-refractivity contribution in [3.8, 4) is 28.5 Å². The number of aromatic nitrogens is 6. The van der Waals surface area contributed by atoms with Gasteiger partial charge in [-0.05, 0) is 68.8 Å². The summed E-state index contributed by atoms with van der Waals surface area (Å²) < 4.78 is 9.45. The molecule has 0 aromatic carbocycles. The maximum Gasteiger partial charge on any atom is 0.213 e. The van der Waals surface area contributed by atoms with Crippen molar-refractivity contribution < 1.29 is 4.74 Å². The molecule has 1 atom stereocenters. The second-order valence-electron chi connectivity index (χ2n) is 9.64. The van der Waals surface area contributed by atoms with Gasteiger partial charge in [-0.25, -0.2) is 14.5 Å². The molecule has 9 nitrogen and oxygen atoms in total. The third kappa shape index (κ3) is 2.93. The molecule has 4 aromatic rings. The van der Waals surface area contributed by atoms with E-state index in [-0.39, 0.29) is 11.5 Å². The molecular weight excluding hydrogens is 428 g/mol. The summed E-state index contributed by atoms with van der Waals surface area (Å²) in [7, 11) is 3.60. The molecule has 34 heavy (non-hydrogen) atoms. The summed E-state index contributed by atoms with van der Waals surface area (Å²) in [5, 5.41) is 12.6. The predicted molar refractivity (Wildman–Crippen MR) is 130 cm³/mol. The third-order valence-electron chi connectivity index (χ3n) is 7.90. The van der Waals surface area contributed by atoms with Crippen LogP contribution in [0.2, 0.25) is 0 Å². The van der Waals surface area contributed by atoms with E-state index in [9.17, 15) is 0 Å². The average Bonchev–Trinajstić information content (AvgIpc) is 3.52. The fourth-order valence-corrected chi connectivity index (χ4v) is 5.84. The van der Waals surface area contributed by atoms with Crippen LogP contribution in [0.1, 0.15) is 41.4 Å². The van der Waals surface area contributed by atoms with E-state index >= 15 is 0 Å². The van der Waals surface area contributed by atoms with Gasteiger partial charge in [0.15, 0.2) is 0 Å². The molecule has 0 bridgehead atoms. The number of nitrogens with zero attached hydrogens (tertiary/aromatic N) is 6. The number of piperidine rings is 1. The number of rotatable bonds is 3. The first kappa shape index (κ1) is 21.2. The molecule has 1 spiro atoms. The number of hydrogen-bond acceptors (Lipinski definition) is 7. The Kier molecular flexibility index (Phi) is 4.76. The SMILES string of the molecule is COc1cc2c(c(-c3nc(C)c(-c4cnn(C)c4C)n4nccc34)n1)CC1(CCNCC1)[C@@H]2N. The van der Waals surface area contributed by atoms with Crippen molar-refractivity contribution in [2.45, 2.75) is 39.2 Å². The molecule has 6 rings (SSSR count). The highest BCUT2D eigenvalue weighted by molar-refractivity contribution is 5.81. The molecule has 4 aromatic heterocycles.